The van der Waals surface area contributed by atoms with Crippen LogP contribution < -0.4 is 9.62 Å². The van der Waals surface area contributed by atoms with Gasteiger partial charge in [0.15, 0.2) is 0 Å². The topological polar surface area (TPSA) is 79.0 Å². The number of morpholine rings is 1. The van der Waals surface area contributed by atoms with E-state index in [9.17, 15) is 13.2 Å². The first-order chi connectivity index (χ1) is 16.3. The molecule has 178 valence electrons. The first kappa shape index (κ1) is 23.9. The number of ether oxygens (including phenoxy) is 1. The Kier molecular flexibility index (Phi) is 7.31. The van der Waals surface area contributed by atoms with E-state index in [1.807, 2.05) is 43.3 Å². The quantitative estimate of drug-likeness (QED) is 0.556. The van der Waals surface area contributed by atoms with Crippen molar-refractivity contribution in [3.05, 3.63) is 90.5 Å². The molecule has 1 fully saturated rings. The smallest absolute Gasteiger partial charge is 0.264 e. The van der Waals surface area contributed by atoms with Gasteiger partial charge in [0.1, 0.15) is 0 Å². The van der Waals surface area contributed by atoms with Gasteiger partial charge in [-0.3, -0.25) is 14.0 Å². The molecule has 3 aromatic rings. The monoisotopic (exact) mass is 479 g/mol. The number of para-hydroxylation sites is 1. The lowest BCUT2D eigenvalue weighted by molar-refractivity contribution is -0.122. The van der Waals surface area contributed by atoms with Crippen LogP contribution in [0.5, 0.6) is 0 Å². The van der Waals surface area contributed by atoms with Gasteiger partial charge in [-0.25, -0.2) is 8.42 Å². The molecular formula is C26H29N3O4S. The summed E-state index contributed by atoms with van der Waals surface area (Å²) in [4.78, 5) is 15.0. The number of carbonyl (C=O) groups is 1. The van der Waals surface area contributed by atoms with E-state index < -0.39 is 10.0 Å². The fourth-order valence-electron chi connectivity index (χ4n) is 4.09. The molecule has 2 unspecified atom stereocenters. The Balaban J connectivity index is 1.42. The van der Waals surface area contributed by atoms with Gasteiger partial charge in [-0.1, -0.05) is 54.6 Å². The molecule has 0 saturated carbocycles. The predicted octanol–water partition coefficient (Wildman–Crippen LogP) is 3.91. The molecule has 0 radical (unpaired) electrons. The van der Waals surface area contributed by atoms with Crippen LogP contribution in [0.3, 0.4) is 0 Å². The van der Waals surface area contributed by atoms with E-state index in [4.69, 9.17) is 4.74 Å². The SMILES string of the molecule is CC1CN(CC(=O)Nc2cccc(S(=O)(=O)N(C)c3ccccc3)c2)CC(c2ccccc2)O1. The molecule has 1 saturated heterocycles. The maximum atomic E-state index is 13.1. The van der Waals surface area contributed by atoms with Crippen LogP contribution in [-0.2, 0) is 19.6 Å². The number of rotatable bonds is 7. The van der Waals surface area contributed by atoms with Crippen LogP contribution in [0.25, 0.3) is 0 Å². The highest BCUT2D eigenvalue weighted by molar-refractivity contribution is 7.92. The van der Waals surface area contributed by atoms with Crippen molar-refractivity contribution in [3.8, 4) is 0 Å². The van der Waals surface area contributed by atoms with Crippen molar-refractivity contribution < 1.29 is 17.9 Å². The average molecular weight is 480 g/mol. The zero-order chi connectivity index (χ0) is 24.1. The van der Waals surface area contributed by atoms with E-state index in [-0.39, 0.29) is 29.6 Å². The summed E-state index contributed by atoms with van der Waals surface area (Å²) in [6.07, 6.45) is -0.103. The van der Waals surface area contributed by atoms with Crippen LogP contribution in [0, 0.1) is 0 Å². The number of benzene rings is 3. The standard InChI is InChI=1S/C26H29N3O4S/c1-20-17-29(18-25(33-20)21-10-5-3-6-11-21)19-26(30)27-22-12-9-15-24(16-22)34(31,32)28(2)23-13-7-4-8-14-23/h3-16,20,25H,17-19H2,1-2H3,(H,27,30). The summed E-state index contributed by atoms with van der Waals surface area (Å²) in [7, 11) is -2.26. The van der Waals surface area contributed by atoms with Gasteiger partial charge in [0.05, 0.1) is 29.3 Å². The minimum absolute atomic E-state index is 0.00579. The Labute approximate surface area is 201 Å². The Hall–Kier alpha value is -3.20. The maximum absolute atomic E-state index is 13.1. The fraction of sp³-hybridized carbons (Fsp3) is 0.269. The van der Waals surface area contributed by atoms with Crippen molar-refractivity contribution >= 4 is 27.3 Å². The summed E-state index contributed by atoms with van der Waals surface area (Å²) >= 11 is 0. The summed E-state index contributed by atoms with van der Waals surface area (Å²) in [6.45, 7) is 3.45. The first-order valence-electron chi connectivity index (χ1n) is 11.2. The minimum atomic E-state index is -3.77. The Morgan fingerprint density at radius 1 is 1.00 bits per heavy atom. The number of anilines is 2. The largest absolute Gasteiger partial charge is 0.368 e. The number of carbonyl (C=O) groups excluding carboxylic acids is 1. The highest BCUT2D eigenvalue weighted by Crippen LogP contribution is 2.26. The van der Waals surface area contributed by atoms with E-state index >= 15 is 0 Å². The molecule has 4 rings (SSSR count). The van der Waals surface area contributed by atoms with Gasteiger partial charge < -0.3 is 10.1 Å². The second kappa shape index (κ2) is 10.4. The number of hydrogen-bond acceptors (Lipinski definition) is 5. The Morgan fingerprint density at radius 2 is 1.68 bits per heavy atom. The second-order valence-corrected chi connectivity index (χ2v) is 10.4. The van der Waals surface area contributed by atoms with Crippen molar-refractivity contribution in [1.82, 2.24) is 4.90 Å². The summed E-state index contributed by atoms with van der Waals surface area (Å²) in [5.41, 5.74) is 2.08. The zero-order valence-electron chi connectivity index (χ0n) is 19.3. The molecule has 1 aliphatic rings. The lowest BCUT2D eigenvalue weighted by atomic mass is 10.1. The molecule has 0 aliphatic carbocycles. The van der Waals surface area contributed by atoms with Gasteiger partial charge in [0.2, 0.25) is 5.91 Å². The molecule has 8 heteroatoms. The van der Waals surface area contributed by atoms with Crippen molar-refractivity contribution in [3.63, 3.8) is 0 Å². The predicted molar refractivity (Wildman–Crippen MR) is 133 cm³/mol. The average Bonchev–Trinajstić information content (AvgIpc) is 2.84. The van der Waals surface area contributed by atoms with Crippen LogP contribution >= 0.6 is 0 Å². The Morgan fingerprint density at radius 3 is 2.38 bits per heavy atom. The minimum Gasteiger partial charge on any atom is -0.368 e. The van der Waals surface area contributed by atoms with E-state index in [1.54, 1.807) is 36.4 Å². The fourth-order valence-corrected chi connectivity index (χ4v) is 5.33. The summed E-state index contributed by atoms with van der Waals surface area (Å²) in [5, 5.41) is 2.85. The van der Waals surface area contributed by atoms with E-state index in [1.165, 1.54) is 23.5 Å². The third-order valence-electron chi connectivity index (χ3n) is 5.77. The third kappa shape index (κ3) is 5.64. The van der Waals surface area contributed by atoms with E-state index in [0.29, 0.717) is 24.5 Å². The number of hydrogen-bond donors (Lipinski definition) is 1. The summed E-state index contributed by atoms with van der Waals surface area (Å²) < 4.78 is 33.5. The van der Waals surface area contributed by atoms with Crippen molar-refractivity contribution in [2.75, 3.05) is 36.3 Å². The number of sulfonamides is 1. The van der Waals surface area contributed by atoms with Gasteiger partial charge in [-0.15, -0.1) is 0 Å². The van der Waals surface area contributed by atoms with Crippen molar-refractivity contribution in [1.29, 1.82) is 0 Å². The number of nitrogens with one attached hydrogen (secondary N) is 1. The van der Waals surface area contributed by atoms with E-state index in [2.05, 4.69) is 10.2 Å². The van der Waals surface area contributed by atoms with Crippen LogP contribution in [0.2, 0.25) is 0 Å². The summed E-state index contributed by atoms with van der Waals surface area (Å²) in [6, 6.07) is 25.2. The van der Waals surface area contributed by atoms with Gasteiger partial charge in [-0.05, 0) is 42.8 Å². The molecule has 1 aliphatic heterocycles. The first-order valence-corrected chi connectivity index (χ1v) is 12.6. The molecule has 0 bridgehead atoms. The lowest BCUT2D eigenvalue weighted by Crippen LogP contribution is -2.46. The lowest BCUT2D eigenvalue weighted by Gasteiger charge is -2.36. The normalized spacial score (nSPS) is 18.9. The molecule has 1 N–H and O–H groups in total. The highest BCUT2D eigenvalue weighted by atomic mass is 32.2. The van der Waals surface area contributed by atoms with Crippen LogP contribution in [0.15, 0.2) is 89.8 Å². The second-order valence-electron chi connectivity index (χ2n) is 8.42. The Bertz CT molecular complexity index is 1220. The van der Waals surface area contributed by atoms with Gasteiger partial charge in [0.25, 0.3) is 10.0 Å². The third-order valence-corrected chi connectivity index (χ3v) is 7.55. The maximum Gasteiger partial charge on any atom is 0.264 e. The molecule has 2 atom stereocenters. The van der Waals surface area contributed by atoms with Gasteiger partial charge >= 0.3 is 0 Å². The molecule has 1 heterocycles. The molecule has 3 aromatic carbocycles. The number of amides is 1. The van der Waals surface area contributed by atoms with Crippen LogP contribution in [-0.4, -0.2) is 52.0 Å². The molecule has 7 nitrogen and oxygen atoms in total. The molecule has 1 amide bonds. The zero-order valence-corrected chi connectivity index (χ0v) is 20.1. The van der Waals surface area contributed by atoms with Crippen molar-refractivity contribution in [2.24, 2.45) is 0 Å². The summed E-state index contributed by atoms with van der Waals surface area (Å²) in [5.74, 6) is -0.202. The van der Waals surface area contributed by atoms with E-state index in [0.717, 1.165) is 5.56 Å². The van der Waals surface area contributed by atoms with Crippen LogP contribution in [0.4, 0.5) is 11.4 Å². The highest BCUT2D eigenvalue weighted by Gasteiger charge is 2.28. The molecular weight excluding hydrogens is 450 g/mol. The van der Waals surface area contributed by atoms with Crippen LogP contribution in [0.1, 0.15) is 18.6 Å². The molecule has 0 spiro atoms. The molecule has 0 aromatic heterocycles. The number of nitrogens with zero attached hydrogens (tertiary/aromatic N) is 2. The van der Waals surface area contributed by atoms with Gasteiger partial charge in [-0.2, -0.15) is 0 Å². The van der Waals surface area contributed by atoms with Gasteiger partial charge in [0, 0.05) is 25.8 Å². The van der Waals surface area contributed by atoms with Crippen molar-refractivity contribution in [2.45, 2.75) is 24.0 Å². The molecule has 34 heavy (non-hydrogen) atoms.